The summed E-state index contributed by atoms with van der Waals surface area (Å²) in [5.41, 5.74) is 3.14. The van der Waals surface area contributed by atoms with E-state index in [-0.39, 0.29) is 0 Å². The first-order valence-electron chi connectivity index (χ1n) is 9.94. The van der Waals surface area contributed by atoms with Crippen molar-refractivity contribution in [3.05, 3.63) is 35.7 Å². The van der Waals surface area contributed by atoms with E-state index in [9.17, 15) is 0 Å². The molecule has 2 atom stereocenters. The fourth-order valence-corrected chi connectivity index (χ4v) is 4.95. The summed E-state index contributed by atoms with van der Waals surface area (Å²) in [5, 5.41) is 11.0. The van der Waals surface area contributed by atoms with Crippen LogP contribution < -0.4 is 4.90 Å². The standard InChI is InChI=1S/C20H23ClN6O/c1-24-8-16-11-28-12-17(9-24)26(16)20-5-19-13(4-18(20)21)6-23-27(19)15-7-22-25(10-15)14-2-3-14/h4-7,10,14,16-17H,2-3,8-9,11-12H2,1H3. The second-order valence-electron chi connectivity index (χ2n) is 8.30. The Bertz CT molecular complexity index is 1030. The van der Waals surface area contributed by atoms with E-state index >= 15 is 0 Å². The molecule has 2 aliphatic heterocycles. The highest BCUT2D eigenvalue weighted by Crippen LogP contribution is 2.38. The Morgan fingerprint density at radius 1 is 1.04 bits per heavy atom. The summed E-state index contributed by atoms with van der Waals surface area (Å²) in [6.07, 6.45) is 8.31. The first-order valence-corrected chi connectivity index (χ1v) is 10.3. The number of halogens is 1. The summed E-state index contributed by atoms with van der Waals surface area (Å²) in [7, 11) is 2.18. The van der Waals surface area contributed by atoms with Gasteiger partial charge in [-0.15, -0.1) is 0 Å². The molecule has 7 nitrogen and oxygen atoms in total. The maximum Gasteiger partial charge on any atom is 0.103 e. The van der Waals surface area contributed by atoms with Crippen LogP contribution in [-0.4, -0.2) is 69.9 Å². The molecule has 2 bridgehead atoms. The number of piperazine rings is 1. The van der Waals surface area contributed by atoms with Crippen LogP contribution in [0.2, 0.25) is 5.02 Å². The molecule has 1 aliphatic carbocycles. The number of morpholine rings is 1. The Kier molecular flexibility index (Phi) is 3.73. The summed E-state index contributed by atoms with van der Waals surface area (Å²) >= 11 is 6.74. The Hall–Kier alpha value is -2.09. The molecule has 28 heavy (non-hydrogen) atoms. The molecule has 146 valence electrons. The van der Waals surface area contributed by atoms with Crippen LogP contribution in [-0.2, 0) is 4.74 Å². The van der Waals surface area contributed by atoms with Gasteiger partial charge in [-0.05, 0) is 32.0 Å². The summed E-state index contributed by atoms with van der Waals surface area (Å²) < 4.78 is 9.87. The maximum atomic E-state index is 6.74. The number of anilines is 1. The van der Waals surface area contributed by atoms with Gasteiger partial charge in [0.15, 0.2) is 0 Å². The number of nitrogens with zero attached hydrogens (tertiary/aromatic N) is 6. The van der Waals surface area contributed by atoms with E-state index in [1.165, 1.54) is 12.8 Å². The molecule has 3 aromatic rings. The number of benzene rings is 1. The largest absolute Gasteiger partial charge is 0.377 e. The van der Waals surface area contributed by atoms with Crippen molar-refractivity contribution in [2.75, 3.05) is 38.3 Å². The van der Waals surface area contributed by atoms with Crippen molar-refractivity contribution in [2.24, 2.45) is 0 Å². The topological polar surface area (TPSA) is 51.4 Å². The molecule has 3 aliphatic rings. The zero-order valence-corrected chi connectivity index (χ0v) is 16.6. The molecule has 4 heterocycles. The molecule has 0 radical (unpaired) electrons. The van der Waals surface area contributed by atoms with Crippen LogP contribution in [0.5, 0.6) is 0 Å². The average molecular weight is 399 g/mol. The van der Waals surface area contributed by atoms with E-state index in [0.717, 1.165) is 53.6 Å². The minimum atomic E-state index is 0.321. The number of ether oxygens (including phenoxy) is 1. The van der Waals surface area contributed by atoms with E-state index < -0.39 is 0 Å². The van der Waals surface area contributed by atoms with E-state index in [0.29, 0.717) is 18.1 Å². The lowest BCUT2D eigenvalue weighted by Crippen LogP contribution is -2.64. The molecule has 2 aromatic heterocycles. The summed E-state index contributed by atoms with van der Waals surface area (Å²) in [4.78, 5) is 4.85. The highest BCUT2D eigenvalue weighted by Gasteiger charge is 2.38. The van der Waals surface area contributed by atoms with Crippen LogP contribution in [0.3, 0.4) is 0 Å². The minimum absolute atomic E-state index is 0.321. The Labute approximate surface area is 168 Å². The van der Waals surface area contributed by atoms with E-state index in [2.05, 4.69) is 44.0 Å². The molecule has 2 saturated heterocycles. The summed E-state index contributed by atoms with van der Waals surface area (Å²) in [5.74, 6) is 0. The fraction of sp³-hybridized carbons (Fsp3) is 0.500. The molecule has 1 saturated carbocycles. The van der Waals surface area contributed by atoms with Gasteiger partial charge in [0.05, 0.1) is 66.2 Å². The maximum absolute atomic E-state index is 6.74. The van der Waals surface area contributed by atoms with Crippen LogP contribution in [0.15, 0.2) is 30.7 Å². The smallest absolute Gasteiger partial charge is 0.103 e. The van der Waals surface area contributed by atoms with Crippen LogP contribution in [0.25, 0.3) is 16.6 Å². The van der Waals surface area contributed by atoms with Gasteiger partial charge in [0.25, 0.3) is 0 Å². The highest BCUT2D eigenvalue weighted by atomic mass is 35.5. The first-order chi connectivity index (χ1) is 13.7. The Morgan fingerprint density at radius 3 is 2.57 bits per heavy atom. The van der Waals surface area contributed by atoms with Gasteiger partial charge in [-0.2, -0.15) is 10.2 Å². The zero-order chi connectivity index (χ0) is 18.8. The lowest BCUT2D eigenvalue weighted by atomic mass is 10.0. The third-order valence-electron chi connectivity index (χ3n) is 6.12. The molecular formula is C20H23ClN6O. The van der Waals surface area contributed by atoms with Crippen LogP contribution in [0, 0.1) is 0 Å². The molecule has 3 fully saturated rings. The van der Waals surface area contributed by atoms with Crippen molar-refractivity contribution < 1.29 is 4.74 Å². The number of aromatic nitrogens is 4. The molecule has 2 unspecified atom stereocenters. The van der Waals surface area contributed by atoms with Gasteiger partial charge < -0.3 is 14.5 Å². The van der Waals surface area contributed by atoms with Gasteiger partial charge >= 0.3 is 0 Å². The first kappa shape index (κ1) is 16.8. The molecule has 0 spiro atoms. The van der Waals surface area contributed by atoms with Crippen molar-refractivity contribution >= 4 is 28.2 Å². The molecular weight excluding hydrogens is 376 g/mol. The van der Waals surface area contributed by atoms with Crippen molar-refractivity contribution in [1.82, 2.24) is 24.5 Å². The average Bonchev–Trinajstić information content (AvgIpc) is 3.26. The monoisotopic (exact) mass is 398 g/mol. The van der Waals surface area contributed by atoms with E-state index in [1.807, 2.05) is 23.1 Å². The molecule has 0 amide bonds. The third kappa shape index (κ3) is 2.64. The van der Waals surface area contributed by atoms with Gasteiger partial charge in [-0.1, -0.05) is 11.6 Å². The molecule has 1 aromatic carbocycles. The number of hydrogen-bond donors (Lipinski definition) is 0. The van der Waals surface area contributed by atoms with Gasteiger partial charge in [0, 0.05) is 18.5 Å². The lowest BCUT2D eigenvalue weighted by Gasteiger charge is -2.50. The van der Waals surface area contributed by atoms with E-state index in [1.54, 1.807) is 0 Å². The van der Waals surface area contributed by atoms with Gasteiger partial charge in [-0.25, -0.2) is 4.68 Å². The van der Waals surface area contributed by atoms with Crippen molar-refractivity contribution in [3.63, 3.8) is 0 Å². The van der Waals surface area contributed by atoms with Crippen molar-refractivity contribution in [3.8, 4) is 5.69 Å². The second-order valence-corrected chi connectivity index (χ2v) is 8.71. The summed E-state index contributed by atoms with van der Waals surface area (Å²) in [6.45, 7) is 3.45. The van der Waals surface area contributed by atoms with Gasteiger partial charge in [0.2, 0.25) is 0 Å². The Morgan fingerprint density at radius 2 is 1.82 bits per heavy atom. The van der Waals surface area contributed by atoms with E-state index in [4.69, 9.17) is 16.3 Å². The predicted molar refractivity (Wildman–Crippen MR) is 109 cm³/mol. The quantitative estimate of drug-likeness (QED) is 0.679. The predicted octanol–water partition coefficient (Wildman–Crippen LogP) is 2.73. The van der Waals surface area contributed by atoms with Crippen LogP contribution in [0.1, 0.15) is 18.9 Å². The number of likely N-dealkylation sites (N-methyl/N-ethyl adjacent to an activating group) is 1. The minimum Gasteiger partial charge on any atom is -0.377 e. The number of hydrogen-bond acceptors (Lipinski definition) is 5. The van der Waals surface area contributed by atoms with Gasteiger partial charge in [0.1, 0.15) is 5.69 Å². The molecule has 0 N–H and O–H groups in total. The summed E-state index contributed by atoms with van der Waals surface area (Å²) in [6, 6.07) is 5.43. The number of fused-ring (bicyclic) bond motifs is 3. The van der Waals surface area contributed by atoms with Crippen molar-refractivity contribution in [1.29, 1.82) is 0 Å². The Balaban J connectivity index is 1.44. The number of rotatable bonds is 3. The molecule has 8 heteroatoms. The van der Waals surface area contributed by atoms with Crippen LogP contribution in [0.4, 0.5) is 5.69 Å². The van der Waals surface area contributed by atoms with Crippen LogP contribution >= 0.6 is 11.6 Å². The molecule has 6 rings (SSSR count). The third-order valence-corrected chi connectivity index (χ3v) is 6.42. The van der Waals surface area contributed by atoms with Crippen molar-refractivity contribution in [2.45, 2.75) is 31.0 Å². The normalized spacial score (nSPS) is 25.6. The fourth-order valence-electron chi connectivity index (χ4n) is 4.68. The lowest BCUT2D eigenvalue weighted by molar-refractivity contribution is 0.0229. The zero-order valence-electron chi connectivity index (χ0n) is 15.8. The SMILES string of the molecule is CN1CC2COCC(C1)N2c1cc2c(cnn2-c2cnn(C3CC3)c2)cc1Cl. The van der Waals surface area contributed by atoms with Gasteiger partial charge in [-0.3, -0.25) is 4.68 Å². The highest BCUT2D eigenvalue weighted by molar-refractivity contribution is 6.34. The second kappa shape index (κ2) is 6.20.